The number of hydrogen-bond donors (Lipinski definition) is 1. The highest BCUT2D eigenvalue weighted by Gasteiger charge is 2.13. The number of phenolic OH excluding ortho intramolecular Hbond substituents is 1. The first-order valence-corrected chi connectivity index (χ1v) is 6.55. The lowest BCUT2D eigenvalue weighted by Gasteiger charge is -2.09. The van der Waals surface area contributed by atoms with Gasteiger partial charge < -0.3 is 9.84 Å². The number of aryl methyl sites for hydroxylation is 2. The molecule has 1 heterocycles. The quantitative estimate of drug-likeness (QED) is 0.943. The molecule has 2 aromatic rings. The molecule has 4 nitrogen and oxygen atoms in total. The molecule has 0 aliphatic carbocycles. The van der Waals surface area contributed by atoms with Crippen LogP contribution in [0.3, 0.4) is 0 Å². The predicted molar refractivity (Wildman–Crippen MR) is 72.8 cm³/mol. The third-order valence-corrected chi connectivity index (χ3v) is 3.71. The van der Waals surface area contributed by atoms with Gasteiger partial charge in [-0.2, -0.15) is 5.10 Å². The molecule has 1 aromatic heterocycles. The zero-order valence-corrected chi connectivity index (χ0v) is 11.9. The summed E-state index contributed by atoms with van der Waals surface area (Å²) in [6.45, 7) is 5.13. The molecule has 0 saturated carbocycles. The van der Waals surface area contributed by atoms with Crippen molar-refractivity contribution in [3.05, 3.63) is 40.1 Å². The molecule has 0 spiro atoms. The van der Waals surface area contributed by atoms with E-state index >= 15 is 0 Å². The first kappa shape index (κ1) is 13.0. The Morgan fingerprint density at radius 2 is 2.11 bits per heavy atom. The lowest BCUT2D eigenvalue weighted by atomic mass is 10.3. The first-order chi connectivity index (χ1) is 8.63. The van der Waals surface area contributed by atoms with Crippen LogP contribution < -0.4 is 4.74 Å². The maximum Gasteiger partial charge on any atom is 0.161 e. The number of halogens is 1. The Hall–Kier alpha value is -1.49. The number of aromatic nitrogens is 2. The molecule has 5 heteroatoms. The fraction of sp³-hybridized carbons (Fsp3) is 0.308. The molecule has 96 valence electrons. The highest BCUT2D eigenvalue weighted by atomic mass is 79.9. The second-order valence-electron chi connectivity index (χ2n) is 3.92. The Kier molecular flexibility index (Phi) is 3.91. The number of ether oxygens (including phenoxy) is 1. The minimum Gasteiger partial charge on any atom is -0.504 e. The number of nitrogens with zero attached hydrogens (tertiary/aromatic N) is 2. The van der Waals surface area contributed by atoms with Crippen LogP contribution in [0, 0.1) is 6.92 Å². The zero-order valence-electron chi connectivity index (χ0n) is 10.4. The molecule has 0 saturated heterocycles. The molecular weight excluding hydrogens is 296 g/mol. The number of aromatic hydroxyl groups is 1. The monoisotopic (exact) mass is 310 g/mol. The van der Waals surface area contributed by atoms with E-state index in [4.69, 9.17) is 4.74 Å². The van der Waals surface area contributed by atoms with Crippen LogP contribution >= 0.6 is 15.9 Å². The maximum absolute atomic E-state index is 9.63. The lowest BCUT2D eigenvalue weighted by Crippen LogP contribution is -2.06. The van der Waals surface area contributed by atoms with Crippen LogP contribution in [0.4, 0.5) is 0 Å². The summed E-state index contributed by atoms with van der Waals surface area (Å²) in [6.07, 6.45) is 0. The minimum atomic E-state index is 0.146. The summed E-state index contributed by atoms with van der Waals surface area (Å²) in [4.78, 5) is 0. The summed E-state index contributed by atoms with van der Waals surface area (Å²) in [5.74, 6) is 0.624. The van der Waals surface area contributed by atoms with E-state index in [2.05, 4.69) is 21.0 Å². The van der Waals surface area contributed by atoms with E-state index in [9.17, 15) is 5.11 Å². The minimum absolute atomic E-state index is 0.146. The molecule has 0 unspecified atom stereocenters. The summed E-state index contributed by atoms with van der Waals surface area (Å²) in [7, 11) is 0. The van der Waals surface area contributed by atoms with Crippen molar-refractivity contribution in [1.29, 1.82) is 0 Å². The Labute approximate surface area is 114 Å². The van der Waals surface area contributed by atoms with E-state index in [-0.39, 0.29) is 5.75 Å². The first-order valence-electron chi connectivity index (χ1n) is 5.76. The van der Waals surface area contributed by atoms with Crippen molar-refractivity contribution in [2.75, 3.05) is 0 Å². The van der Waals surface area contributed by atoms with Crippen LogP contribution in [0.1, 0.15) is 18.3 Å². The second-order valence-corrected chi connectivity index (χ2v) is 4.71. The lowest BCUT2D eigenvalue weighted by molar-refractivity contribution is 0.277. The van der Waals surface area contributed by atoms with Gasteiger partial charge in [0.2, 0.25) is 0 Å². The van der Waals surface area contributed by atoms with E-state index in [1.807, 2.05) is 24.6 Å². The highest BCUT2D eigenvalue weighted by Crippen LogP contribution is 2.27. The second kappa shape index (κ2) is 5.44. The van der Waals surface area contributed by atoms with Crippen molar-refractivity contribution >= 4 is 15.9 Å². The normalized spacial score (nSPS) is 10.6. The third kappa shape index (κ3) is 2.51. The smallest absolute Gasteiger partial charge is 0.161 e. The van der Waals surface area contributed by atoms with Gasteiger partial charge in [0.05, 0.1) is 15.9 Å². The maximum atomic E-state index is 9.63. The number of benzene rings is 1. The van der Waals surface area contributed by atoms with Crippen molar-refractivity contribution in [2.45, 2.75) is 27.0 Å². The molecule has 0 amide bonds. The van der Waals surface area contributed by atoms with Crippen LogP contribution in [0.2, 0.25) is 0 Å². The largest absolute Gasteiger partial charge is 0.504 e. The number of phenols is 1. The summed E-state index contributed by atoms with van der Waals surface area (Å²) < 4.78 is 8.47. The van der Waals surface area contributed by atoms with Crippen molar-refractivity contribution in [3.63, 3.8) is 0 Å². The van der Waals surface area contributed by atoms with Gasteiger partial charge in [-0.3, -0.25) is 4.68 Å². The van der Waals surface area contributed by atoms with Gasteiger partial charge in [-0.15, -0.1) is 0 Å². The van der Waals surface area contributed by atoms with Crippen molar-refractivity contribution in [1.82, 2.24) is 9.78 Å². The molecule has 18 heavy (non-hydrogen) atoms. The van der Waals surface area contributed by atoms with E-state index in [1.165, 1.54) is 0 Å². The summed E-state index contributed by atoms with van der Waals surface area (Å²) in [6, 6.07) is 6.93. The standard InChI is InChI=1S/C13H15BrN2O2/c1-3-16-10(13(14)9(2)15-16)8-18-12-7-5-4-6-11(12)17/h4-7,17H,3,8H2,1-2H3. The van der Waals surface area contributed by atoms with E-state index in [0.717, 1.165) is 22.4 Å². The molecule has 0 aliphatic rings. The molecular formula is C13H15BrN2O2. The Bertz CT molecular complexity index is 552. The van der Waals surface area contributed by atoms with Gasteiger partial charge in [-0.1, -0.05) is 12.1 Å². The van der Waals surface area contributed by atoms with E-state index in [1.54, 1.807) is 18.2 Å². The highest BCUT2D eigenvalue weighted by molar-refractivity contribution is 9.10. The Balaban J connectivity index is 2.18. The van der Waals surface area contributed by atoms with Crippen LogP contribution in [0.15, 0.2) is 28.7 Å². The van der Waals surface area contributed by atoms with Crippen LogP contribution in [0.5, 0.6) is 11.5 Å². The van der Waals surface area contributed by atoms with Gasteiger partial charge in [-0.25, -0.2) is 0 Å². The van der Waals surface area contributed by atoms with Gasteiger partial charge in [-0.05, 0) is 41.9 Å². The average molecular weight is 311 g/mol. The van der Waals surface area contributed by atoms with Crippen molar-refractivity contribution in [2.24, 2.45) is 0 Å². The van der Waals surface area contributed by atoms with Crippen LogP contribution in [-0.4, -0.2) is 14.9 Å². The molecule has 0 bridgehead atoms. The molecule has 0 aliphatic heterocycles. The molecule has 0 fully saturated rings. The Morgan fingerprint density at radius 1 is 1.39 bits per heavy atom. The van der Waals surface area contributed by atoms with Gasteiger partial charge in [0, 0.05) is 6.54 Å². The summed E-state index contributed by atoms with van der Waals surface area (Å²) >= 11 is 3.51. The molecule has 0 atom stereocenters. The van der Waals surface area contributed by atoms with E-state index in [0.29, 0.717) is 12.4 Å². The number of para-hydroxylation sites is 2. The molecule has 0 radical (unpaired) electrons. The summed E-state index contributed by atoms with van der Waals surface area (Å²) in [5.41, 5.74) is 1.91. The predicted octanol–water partition coefficient (Wildman–Crippen LogP) is 3.26. The Morgan fingerprint density at radius 3 is 2.78 bits per heavy atom. The fourth-order valence-corrected chi connectivity index (χ4v) is 2.13. The van der Waals surface area contributed by atoms with E-state index < -0.39 is 0 Å². The molecule has 1 aromatic carbocycles. The van der Waals surface area contributed by atoms with Gasteiger partial charge >= 0.3 is 0 Å². The fourth-order valence-electron chi connectivity index (χ4n) is 1.73. The van der Waals surface area contributed by atoms with Crippen molar-refractivity contribution < 1.29 is 9.84 Å². The summed E-state index contributed by atoms with van der Waals surface area (Å²) in [5, 5.41) is 14.0. The zero-order chi connectivity index (χ0) is 13.1. The molecule has 2 rings (SSSR count). The molecule has 1 N–H and O–H groups in total. The van der Waals surface area contributed by atoms with Crippen LogP contribution in [-0.2, 0) is 13.2 Å². The third-order valence-electron chi connectivity index (χ3n) is 2.68. The van der Waals surface area contributed by atoms with Gasteiger partial charge in [0.1, 0.15) is 6.61 Å². The average Bonchev–Trinajstić information content (AvgIpc) is 2.65. The number of hydrogen-bond acceptors (Lipinski definition) is 3. The van der Waals surface area contributed by atoms with Crippen molar-refractivity contribution in [3.8, 4) is 11.5 Å². The van der Waals surface area contributed by atoms with Gasteiger partial charge in [0.15, 0.2) is 11.5 Å². The van der Waals surface area contributed by atoms with Gasteiger partial charge in [0.25, 0.3) is 0 Å². The van der Waals surface area contributed by atoms with Crippen LogP contribution in [0.25, 0.3) is 0 Å². The topological polar surface area (TPSA) is 47.3 Å². The number of rotatable bonds is 4. The SMILES string of the molecule is CCn1nc(C)c(Br)c1COc1ccccc1O.